The fourth-order valence-electron chi connectivity index (χ4n) is 3.43. The summed E-state index contributed by atoms with van der Waals surface area (Å²) in [6, 6.07) is 11.4. The summed E-state index contributed by atoms with van der Waals surface area (Å²) in [7, 11) is -4.26. The molecule has 0 unspecified atom stereocenters. The third-order valence-electron chi connectivity index (χ3n) is 5.04. The van der Waals surface area contributed by atoms with Crippen molar-refractivity contribution in [1.29, 1.82) is 0 Å². The molecule has 3 rings (SSSR count). The second kappa shape index (κ2) is 6.41. The Morgan fingerprint density at radius 1 is 1.04 bits per heavy atom. The van der Waals surface area contributed by atoms with Crippen LogP contribution in [0.5, 0.6) is 0 Å². The van der Waals surface area contributed by atoms with Crippen molar-refractivity contribution >= 4 is 13.2 Å². The molecule has 0 aliphatic heterocycles. The van der Waals surface area contributed by atoms with Crippen molar-refractivity contribution in [1.82, 2.24) is 9.38 Å². The van der Waals surface area contributed by atoms with Crippen LogP contribution in [0.1, 0.15) is 37.8 Å². The summed E-state index contributed by atoms with van der Waals surface area (Å²) in [6.07, 6.45) is 4.77. The lowest BCUT2D eigenvalue weighted by Crippen LogP contribution is -2.24. The standard InChI is InChI=1S/C19H23N2O3P/c1-4-19(5-2,25(22,23)24)16-9-7-15(8-10-16)17-13-21-12-14(3)6-11-18(21)20-17/h6-13H,4-5H2,1-3H3,(H2,22,23,24). The topological polar surface area (TPSA) is 74.8 Å². The lowest BCUT2D eigenvalue weighted by molar-refractivity contribution is 0.315. The molecule has 5 nitrogen and oxygen atoms in total. The molecule has 2 heterocycles. The van der Waals surface area contributed by atoms with Crippen LogP contribution in [0.25, 0.3) is 16.9 Å². The number of aromatic nitrogens is 2. The molecule has 0 bridgehead atoms. The Hall–Kier alpha value is -1.94. The summed E-state index contributed by atoms with van der Waals surface area (Å²) in [6.45, 7) is 5.67. The van der Waals surface area contributed by atoms with E-state index in [4.69, 9.17) is 0 Å². The zero-order chi connectivity index (χ0) is 18.2. The molecule has 0 saturated carbocycles. The van der Waals surface area contributed by atoms with Crippen LogP contribution in [0, 0.1) is 6.92 Å². The molecule has 132 valence electrons. The number of pyridine rings is 1. The zero-order valence-electron chi connectivity index (χ0n) is 14.7. The molecule has 0 spiro atoms. The first kappa shape index (κ1) is 17.9. The van der Waals surface area contributed by atoms with E-state index in [9.17, 15) is 14.4 Å². The van der Waals surface area contributed by atoms with Crippen molar-refractivity contribution in [3.05, 3.63) is 59.9 Å². The molecule has 0 aliphatic carbocycles. The molecule has 0 fully saturated rings. The van der Waals surface area contributed by atoms with Gasteiger partial charge in [0.25, 0.3) is 0 Å². The van der Waals surface area contributed by atoms with Crippen LogP contribution < -0.4 is 0 Å². The van der Waals surface area contributed by atoms with Gasteiger partial charge in [-0.05, 0) is 37.0 Å². The average molecular weight is 358 g/mol. The molecule has 0 amide bonds. The Morgan fingerprint density at radius 3 is 2.24 bits per heavy atom. The third kappa shape index (κ3) is 3.04. The molecule has 6 heteroatoms. The van der Waals surface area contributed by atoms with E-state index in [1.165, 1.54) is 0 Å². The minimum Gasteiger partial charge on any atom is -0.324 e. The Morgan fingerprint density at radius 2 is 1.68 bits per heavy atom. The Bertz CT molecular complexity index is 937. The third-order valence-corrected chi connectivity index (χ3v) is 7.05. The number of benzene rings is 1. The molecular formula is C19H23N2O3P. The summed E-state index contributed by atoms with van der Waals surface area (Å²) < 4.78 is 14.1. The van der Waals surface area contributed by atoms with Gasteiger partial charge in [0.1, 0.15) is 5.65 Å². The highest BCUT2D eigenvalue weighted by Gasteiger charge is 2.45. The smallest absolute Gasteiger partial charge is 0.324 e. The number of aryl methyl sites for hydroxylation is 1. The van der Waals surface area contributed by atoms with E-state index in [1.54, 1.807) is 0 Å². The number of nitrogens with zero attached hydrogens (tertiary/aromatic N) is 2. The first-order chi connectivity index (χ1) is 11.8. The van der Waals surface area contributed by atoms with Crippen molar-refractivity contribution < 1.29 is 14.4 Å². The van der Waals surface area contributed by atoms with Crippen LogP contribution in [-0.4, -0.2) is 19.2 Å². The molecule has 2 N–H and O–H groups in total. The van der Waals surface area contributed by atoms with E-state index < -0.39 is 12.8 Å². The SMILES string of the molecule is CCC(CC)(c1ccc(-c2cn3cc(C)ccc3n2)cc1)P(=O)(O)O. The van der Waals surface area contributed by atoms with E-state index in [0.29, 0.717) is 18.4 Å². The lowest BCUT2D eigenvalue weighted by Gasteiger charge is -2.32. The van der Waals surface area contributed by atoms with Gasteiger partial charge in [0.2, 0.25) is 0 Å². The Labute approximate surface area is 147 Å². The number of hydrogen-bond acceptors (Lipinski definition) is 2. The number of imidazole rings is 1. The van der Waals surface area contributed by atoms with Gasteiger partial charge in [-0.15, -0.1) is 0 Å². The van der Waals surface area contributed by atoms with E-state index in [2.05, 4.69) is 4.98 Å². The minimum absolute atomic E-state index is 0.390. The quantitative estimate of drug-likeness (QED) is 0.659. The maximum atomic E-state index is 12.1. The fourth-order valence-corrected chi connectivity index (χ4v) is 4.74. The van der Waals surface area contributed by atoms with Gasteiger partial charge < -0.3 is 14.2 Å². The first-order valence-corrected chi connectivity index (χ1v) is 10.0. The maximum absolute atomic E-state index is 12.1. The number of fused-ring (bicyclic) bond motifs is 1. The molecule has 0 atom stereocenters. The van der Waals surface area contributed by atoms with Gasteiger partial charge in [-0.25, -0.2) is 4.98 Å². The van der Waals surface area contributed by atoms with Gasteiger partial charge in [0.05, 0.1) is 10.9 Å². The molecule has 25 heavy (non-hydrogen) atoms. The van der Waals surface area contributed by atoms with Crippen LogP contribution in [-0.2, 0) is 9.72 Å². The maximum Gasteiger partial charge on any atom is 0.335 e. The largest absolute Gasteiger partial charge is 0.335 e. The Balaban J connectivity index is 2.02. The summed E-state index contributed by atoms with van der Waals surface area (Å²) in [5.74, 6) is 0. The average Bonchev–Trinajstić information content (AvgIpc) is 2.99. The van der Waals surface area contributed by atoms with E-state index in [-0.39, 0.29) is 0 Å². The van der Waals surface area contributed by atoms with Crippen molar-refractivity contribution in [3.8, 4) is 11.3 Å². The van der Waals surface area contributed by atoms with Crippen molar-refractivity contribution in [2.24, 2.45) is 0 Å². The summed E-state index contributed by atoms with van der Waals surface area (Å²) >= 11 is 0. The molecule has 3 aromatic rings. The Kier molecular flexibility index (Phi) is 4.58. The summed E-state index contributed by atoms with van der Waals surface area (Å²) in [4.78, 5) is 24.4. The molecule has 0 radical (unpaired) electrons. The van der Waals surface area contributed by atoms with Gasteiger partial charge in [-0.3, -0.25) is 4.57 Å². The minimum atomic E-state index is -4.26. The van der Waals surface area contributed by atoms with Crippen LogP contribution in [0.15, 0.2) is 48.8 Å². The van der Waals surface area contributed by atoms with E-state index >= 15 is 0 Å². The van der Waals surface area contributed by atoms with Gasteiger partial charge in [-0.1, -0.05) is 44.2 Å². The van der Waals surface area contributed by atoms with Crippen molar-refractivity contribution in [2.45, 2.75) is 38.8 Å². The van der Waals surface area contributed by atoms with E-state index in [1.807, 2.05) is 74.0 Å². The molecular weight excluding hydrogens is 335 g/mol. The first-order valence-electron chi connectivity index (χ1n) is 8.42. The van der Waals surface area contributed by atoms with Gasteiger partial charge >= 0.3 is 7.60 Å². The summed E-state index contributed by atoms with van der Waals surface area (Å²) in [5, 5.41) is -1.12. The number of rotatable bonds is 5. The van der Waals surface area contributed by atoms with E-state index in [0.717, 1.165) is 22.5 Å². The van der Waals surface area contributed by atoms with Crippen molar-refractivity contribution in [2.75, 3.05) is 0 Å². The summed E-state index contributed by atoms with van der Waals surface area (Å²) in [5.41, 5.74) is 4.47. The normalized spacial score (nSPS) is 12.7. The second-order valence-corrected chi connectivity index (χ2v) is 8.40. The highest BCUT2D eigenvalue weighted by molar-refractivity contribution is 7.53. The van der Waals surface area contributed by atoms with Crippen LogP contribution >= 0.6 is 7.60 Å². The molecule has 0 saturated heterocycles. The molecule has 0 aliphatic rings. The van der Waals surface area contributed by atoms with Gasteiger partial charge in [-0.2, -0.15) is 0 Å². The highest BCUT2D eigenvalue weighted by atomic mass is 31.2. The van der Waals surface area contributed by atoms with Crippen molar-refractivity contribution in [3.63, 3.8) is 0 Å². The fraction of sp³-hybridized carbons (Fsp3) is 0.316. The highest BCUT2D eigenvalue weighted by Crippen LogP contribution is 2.60. The number of hydrogen-bond donors (Lipinski definition) is 2. The monoisotopic (exact) mass is 358 g/mol. The van der Waals surface area contributed by atoms with Gasteiger partial charge in [0, 0.05) is 18.0 Å². The molecule has 1 aromatic carbocycles. The zero-order valence-corrected chi connectivity index (χ0v) is 15.6. The second-order valence-electron chi connectivity index (χ2n) is 6.46. The lowest BCUT2D eigenvalue weighted by atomic mass is 9.92. The molecule has 2 aromatic heterocycles. The van der Waals surface area contributed by atoms with Crippen LogP contribution in [0.2, 0.25) is 0 Å². The predicted molar refractivity (Wildman–Crippen MR) is 99.7 cm³/mol. The van der Waals surface area contributed by atoms with Crippen LogP contribution in [0.3, 0.4) is 0 Å². The van der Waals surface area contributed by atoms with Crippen LogP contribution in [0.4, 0.5) is 0 Å². The van der Waals surface area contributed by atoms with Gasteiger partial charge in [0.15, 0.2) is 0 Å². The predicted octanol–water partition coefficient (Wildman–Crippen LogP) is 4.50.